The first-order valence-corrected chi connectivity index (χ1v) is 7.68. The summed E-state index contributed by atoms with van der Waals surface area (Å²) in [4.78, 5) is 0. The van der Waals surface area contributed by atoms with E-state index in [-0.39, 0.29) is 6.10 Å². The van der Waals surface area contributed by atoms with Crippen LogP contribution in [0.25, 0.3) is 0 Å². The summed E-state index contributed by atoms with van der Waals surface area (Å²) in [6, 6.07) is 11.6. The Kier molecular flexibility index (Phi) is 4.01. The second kappa shape index (κ2) is 5.76. The first-order chi connectivity index (χ1) is 9.63. The number of fused-ring (bicyclic) bond motifs is 1. The molecule has 2 nitrogen and oxygen atoms in total. The molecule has 0 spiro atoms. The van der Waals surface area contributed by atoms with E-state index in [1.165, 1.54) is 5.56 Å². The van der Waals surface area contributed by atoms with Gasteiger partial charge < -0.3 is 9.84 Å². The summed E-state index contributed by atoms with van der Waals surface area (Å²) in [5, 5.41) is 10.5. The van der Waals surface area contributed by atoms with Gasteiger partial charge in [-0.3, -0.25) is 0 Å². The molecule has 1 N–H and O–H groups in total. The van der Waals surface area contributed by atoms with Gasteiger partial charge in [0.25, 0.3) is 0 Å². The normalized spacial score (nSPS) is 17.1. The maximum absolute atomic E-state index is 9.78. The Morgan fingerprint density at radius 3 is 2.90 bits per heavy atom. The zero-order valence-corrected chi connectivity index (χ0v) is 13.1. The van der Waals surface area contributed by atoms with Gasteiger partial charge in [0.05, 0.1) is 6.10 Å². The Morgan fingerprint density at radius 2 is 2.10 bits per heavy atom. The third kappa shape index (κ3) is 2.85. The van der Waals surface area contributed by atoms with E-state index in [1.807, 2.05) is 36.4 Å². The molecule has 1 aliphatic rings. The van der Waals surface area contributed by atoms with Crippen molar-refractivity contribution in [2.24, 2.45) is 0 Å². The number of aryl methyl sites for hydroxylation is 1. The molecule has 0 amide bonds. The van der Waals surface area contributed by atoms with E-state index >= 15 is 0 Å². The van der Waals surface area contributed by atoms with Crippen molar-refractivity contribution in [3.63, 3.8) is 0 Å². The van der Waals surface area contributed by atoms with E-state index in [4.69, 9.17) is 16.3 Å². The number of hydrogen-bond acceptors (Lipinski definition) is 2. The second-order valence-electron chi connectivity index (χ2n) is 4.94. The number of hydrogen-bond donors (Lipinski definition) is 1. The summed E-state index contributed by atoms with van der Waals surface area (Å²) in [7, 11) is 0. The average molecular weight is 354 g/mol. The van der Waals surface area contributed by atoms with Crippen molar-refractivity contribution in [3.8, 4) is 5.75 Å². The van der Waals surface area contributed by atoms with Gasteiger partial charge in [0.15, 0.2) is 0 Å². The highest BCUT2D eigenvalue weighted by atomic mass is 79.9. The summed E-state index contributed by atoms with van der Waals surface area (Å²) in [5.74, 6) is 0.817. The molecule has 0 aromatic heterocycles. The van der Waals surface area contributed by atoms with E-state index in [0.29, 0.717) is 11.6 Å². The van der Waals surface area contributed by atoms with Crippen LogP contribution in [-0.2, 0) is 13.0 Å². The molecule has 4 heteroatoms. The minimum Gasteiger partial charge on any atom is -0.489 e. The van der Waals surface area contributed by atoms with Gasteiger partial charge in [-0.25, -0.2) is 0 Å². The Labute approximate surface area is 131 Å². The highest BCUT2D eigenvalue weighted by Crippen LogP contribution is 2.33. The lowest BCUT2D eigenvalue weighted by Gasteiger charge is -2.10. The van der Waals surface area contributed by atoms with Gasteiger partial charge in [0, 0.05) is 15.1 Å². The monoisotopic (exact) mass is 352 g/mol. The van der Waals surface area contributed by atoms with Gasteiger partial charge in [-0.05, 0) is 48.2 Å². The molecule has 0 radical (unpaired) electrons. The van der Waals surface area contributed by atoms with Crippen LogP contribution in [0.5, 0.6) is 5.75 Å². The molecular formula is C16H14BrClO2. The Morgan fingerprint density at radius 1 is 1.25 bits per heavy atom. The number of rotatable bonds is 3. The molecule has 1 unspecified atom stereocenters. The first kappa shape index (κ1) is 13.9. The fourth-order valence-corrected chi connectivity index (χ4v) is 3.19. The lowest BCUT2D eigenvalue weighted by molar-refractivity contribution is 0.180. The van der Waals surface area contributed by atoms with Crippen molar-refractivity contribution < 1.29 is 9.84 Å². The van der Waals surface area contributed by atoms with Crippen molar-refractivity contribution in [3.05, 3.63) is 62.6 Å². The van der Waals surface area contributed by atoms with Gasteiger partial charge in [-0.2, -0.15) is 0 Å². The van der Waals surface area contributed by atoms with Gasteiger partial charge in [-0.1, -0.05) is 39.7 Å². The molecular weight excluding hydrogens is 340 g/mol. The molecule has 104 valence electrons. The average Bonchev–Trinajstić information content (AvgIpc) is 2.79. The smallest absolute Gasteiger partial charge is 0.120 e. The molecule has 3 rings (SSSR count). The molecule has 0 saturated heterocycles. The van der Waals surface area contributed by atoms with Gasteiger partial charge >= 0.3 is 0 Å². The Hall–Kier alpha value is -1.03. The summed E-state index contributed by atoms with van der Waals surface area (Å²) in [6.45, 7) is 0.438. The van der Waals surface area contributed by atoms with E-state index in [0.717, 1.165) is 34.2 Å². The topological polar surface area (TPSA) is 29.5 Å². The zero-order chi connectivity index (χ0) is 14.1. The third-order valence-corrected chi connectivity index (χ3v) is 4.42. The third-order valence-electron chi connectivity index (χ3n) is 3.57. The Bertz CT molecular complexity index is 642. The number of aliphatic hydroxyl groups excluding tert-OH is 1. The molecule has 20 heavy (non-hydrogen) atoms. The largest absolute Gasteiger partial charge is 0.489 e. The predicted molar refractivity (Wildman–Crippen MR) is 83.2 cm³/mol. The highest BCUT2D eigenvalue weighted by molar-refractivity contribution is 9.10. The number of benzene rings is 2. The maximum atomic E-state index is 9.78. The SMILES string of the molecule is OC1CCc2cc(OCc3ccc(Br)cc3Cl)ccc21. The highest BCUT2D eigenvalue weighted by Gasteiger charge is 2.20. The summed E-state index contributed by atoms with van der Waals surface area (Å²) in [6.07, 6.45) is 1.39. The predicted octanol–water partition coefficient (Wildman–Crippen LogP) is 4.66. The number of aliphatic hydroxyl groups is 1. The molecule has 2 aromatic carbocycles. The van der Waals surface area contributed by atoms with Crippen LogP contribution in [0, 0.1) is 0 Å². The molecule has 0 heterocycles. The summed E-state index contributed by atoms with van der Waals surface area (Å²) < 4.78 is 6.75. The second-order valence-corrected chi connectivity index (χ2v) is 6.26. The standard InChI is InChI=1S/C16H14BrClO2/c17-12-3-1-11(15(18)8-12)9-20-13-4-5-14-10(7-13)2-6-16(14)19/h1,3-5,7-8,16,19H,2,6,9H2. The quantitative estimate of drug-likeness (QED) is 0.869. The fraction of sp³-hybridized carbons (Fsp3) is 0.250. The molecule has 0 aliphatic heterocycles. The van der Waals surface area contributed by atoms with Crippen molar-refractivity contribution in [2.75, 3.05) is 0 Å². The van der Waals surface area contributed by atoms with Crippen LogP contribution in [0.4, 0.5) is 0 Å². The first-order valence-electron chi connectivity index (χ1n) is 6.51. The Balaban J connectivity index is 1.73. The van der Waals surface area contributed by atoms with Crippen molar-refractivity contribution in [1.29, 1.82) is 0 Å². The van der Waals surface area contributed by atoms with Crippen LogP contribution < -0.4 is 4.74 Å². The lowest BCUT2D eigenvalue weighted by Crippen LogP contribution is -1.97. The number of halogens is 2. The van der Waals surface area contributed by atoms with Crippen molar-refractivity contribution >= 4 is 27.5 Å². The van der Waals surface area contributed by atoms with Crippen LogP contribution in [-0.4, -0.2) is 5.11 Å². The van der Waals surface area contributed by atoms with Crippen LogP contribution in [0.15, 0.2) is 40.9 Å². The number of ether oxygens (including phenoxy) is 1. The molecule has 0 bridgehead atoms. The molecule has 0 saturated carbocycles. The van der Waals surface area contributed by atoms with Crippen LogP contribution in [0.3, 0.4) is 0 Å². The minimum atomic E-state index is -0.319. The van der Waals surface area contributed by atoms with Crippen molar-refractivity contribution in [1.82, 2.24) is 0 Å². The van der Waals surface area contributed by atoms with Gasteiger partial charge in [0.1, 0.15) is 12.4 Å². The molecule has 1 aliphatic carbocycles. The van der Waals surface area contributed by atoms with E-state index in [9.17, 15) is 5.11 Å². The minimum absolute atomic E-state index is 0.319. The van der Waals surface area contributed by atoms with Crippen LogP contribution in [0.2, 0.25) is 5.02 Å². The van der Waals surface area contributed by atoms with Crippen LogP contribution in [0.1, 0.15) is 29.2 Å². The summed E-state index contributed by atoms with van der Waals surface area (Å²) >= 11 is 9.55. The summed E-state index contributed by atoms with van der Waals surface area (Å²) in [5.41, 5.74) is 3.16. The van der Waals surface area contributed by atoms with E-state index in [2.05, 4.69) is 15.9 Å². The lowest BCUT2D eigenvalue weighted by atomic mass is 10.1. The zero-order valence-electron chi connectivity index (χ0n) is 10.8. The van der Waals surface area contributed by atoms with E-state index in [1.54, 1.807) is 0 Å². The molecule has 0 fully saturated rings. The maximum Gasteiger partial charge on any atom is 0.120 e. The molecule has 2 aromatic rings. The van der Waals surface area contributed by atoms with Gasteiger partial charge in [0.2, 0.25) is 0 Å². The fourth-order valence-electron chi connectivity index (χ4n) is 2.46. The van der Waals surface area contributed by atoms with Crippen molar-refractivity contribution in [2.45, 2.75) is 25.6 Å². The van der Waals surface area contributed by atoms with Gasteiger partial charge in [-0.15, -0.1) is 0 Å². The van der Waals surface area contributed by atoms with Crippen LogP contribution >= 0.6 is 27.5 Å². The molecule has 1 atom stereocenters. The van der Waals surface area contributed by atoms with E-state index < -0.39 is 0 Å².